The average molecular weight is 475 g/mol. The molecule has 0 spiro atoms. The van der Waals surface area contributed by atoms with Crippen molar-refractivity contribution < 1.29 is 19.1 Å². The first-order valence-corrected chi connectivity index (χ1v) is 12.1. The van der Waals surface area contributed by atoms with Gasteiger partial charge in [-0.2, -0.15) is 0 Å². The predicted octanol–water partition coefficient (Wildman–Crippen LogP) is 7.68. The fraction of sp³-hybridized carbons (Fsp3) is 0.125. The van der Waals surface area contributed by atoms with Gasteiger partial charge >= 0.3 is 11.9 Å². The van der Waals surface area contributed by atoms with Crippen LogP contribution in [0.3, 0.4) is 0 Å². The van der Waals surface area contributed by atoms with Crippen molar-refractivity contribution >= 4 is 33.5 Å². The van der Waals surface area contributed by atoms with E-state index >= 15 is 0 Å². The Bertz CT molecular complexity index is 1470. The number of fused-ring (bicyclic) bond motifs is 2. The van der Waals surface area contributed by atoms with Gasteiger partial charge in [0.2, 0.25) is 0 Å². The van der Waals surface area contributed by atoms with Crippen LogP contribution >= 0.6 is 0 Å². The third-order valence-electron chi connectivity index (χ3n) is 6.31. The smallest absolute Gasteiger partial charge is 0.338 e. The summed E-state index contributed by atoms with van der Waals surface area (Å²) in [5.74, 6) is -0.866. The summed E-state index contributed by atoms with van der Waals surface area (Å²) in [6.45, 7) is 4.07. The molecule has 0 amide bonds. The number of ether oxygens (including phenoxy) is 2. The Kier molecular flexibility index (Phi) is 6.50. The molecule has 0 radical (unpaired) electrons. The van der Waals surface area contributed by atoms with Crippen LogP contribution in [0.15, 0.2) is 97.1 Å². The number of hydrogen-bond acceptors (Lipinski definition) is 4. The molecule has 5 rings (SSSR count). The van der Waals surface area contributed by atoms with Crippen molar-refractivity contribution in [1.82, 2.24) is 0 Å². The molecule has 4 heteroatoms. The molecular formula is C32H26O4. The van der Waals surface area contributed by atoms with Gasteiger partial charge in [-0.1, -0.05) is 84.9 Å². The number of carbonyl (C=O) groups is 2. The van der Waals surface area contributed by atoms with Gasteiger partial charge in [0.25, 0.3) is 0 Å². The summed E-state index contributed by atoms with van der Waals surface area (Å²) >= 11 is 0. The molecule has 0 aromatic heterocycles. The highest BCUT2D eigenvalue weighted by atomic mass is 16.5. The molecule has 0 bridgehead atoms. The van der Waals surface area contributed by atoms with E-state index in [1.165, 1.54) is 0 Å². The fourth-order valence-corrected chi connectivity index (χ4v) is 4.81. The van der Waals surface area contributed by atoms with Crippen molar-refractivity contribution in [1.29, 1.82) is 0 Å². The fourth-order valence-electron chi connectivity index (χ4n) is 4.81. The highest BCUT2D eigenvalue weighted by Gasteiger charge is 2.26. The van der Waals surface area contributed by atoms with E-state index in [0.717, 1.165) is 32.7 Å². The monoisotopic (exact) mass is 474 g/mol. The number of carbonyl (C=O) groups excluding carboxylic acids is 2. The maximum absolute atomic E-state index is 13.3. The summed E-state index contributed by atoms with van der Waals surface area (Å²) in [7, 11) is 0. The molecule has 0 aliphatic carbocycles. The van der Waals surface area contributed by atoms with Gasteiger partial charge < -0.3 is 9.47 Å². The first-order valence-electron chi connectivity index (χ1n) is 12.1. The third kappa shape index (κ3) is 4.11. The zero-order valence-corrected chi connectivity index (χ0v) is 20.3. The molecule has 0 atom stereocenters. The van der Waals surface area contributed by atoms with Gasteiger partial charge in [-0.3, -0.25) is 0 Å². The van der Waals surface area contributed by atoms with Crippen LogP contribution in [-0.2, 0) is 9.47 Å². The summed E-state index contributed by atoms with van der Waals surface area (Å²) in [5.41, 5.74) is 3.84. The normalized spacial score (nSPS) is 10.9. The van der Waals surface area contributed by atoms with Crippen LogP contribution in [0.25, 0.3) is 43.8 Å². The van der Waals surface area contributed by atoms with Gasteiger partial charge in [0, 0.05) is 11.1 Å². The molecule has 0 fully saturated rings. The van der Waals surface area contributed by atoms with Gasteiger partial charge in [0.1, 0.15) is 0 Å². The second kappa shape index (κ2) is 10.0. The molecular weight excluding hydrogens is 448 g/mol. The van der Waals surface area contributed by atoms with Crippen LogP contribution in [0.1, 0.15) is 34.6 Å². The molecule has 5 aromatic carbocycles. The molecule has 0 aliphatic rings. The van der Waals surface area contributed by atoms with Crippen molar-refractivity contribution in [2.75, 3.05) is 13.2 Å². The lowest BCUT2D eigenvalue weighted by atomic mass is 9.83. The second-order valence-electron chi connectivity index (χ2n) is 8.41. The molecule has 0 saturated carbocycles. The van der Waals surface area contributed by atoms with Gasteiger partial charge in [0.05, 0.1) is 24.3 Å². The van der Waals surface area contributed by atoms with Gasteiger partial charge in [-0.25, -0.2) is 9.59 Å². The Balaban J connectivity index is 1.97. The van der Waals surface area contributed by atoms with Crippen LogP contribution in [0, 0.1) is 0 Å². The van der Waals surface area contributed by atoms with Crippen LogP contribution in [0.4, 0.5) is 0 Å². The molecule has 36 heavy (non-hydrogen) atoms. The topological polar surface area (TPSA) is 52.6 Å². The van der Waals surface area contributed by atoms with E-state index in [1.54, 1.807) is 26.0 Å². The second-order valence-corrected chi connectivity index (χ2v) is 8.41. The average Bonchev–Trinajstić information content (AvgIpc) is 2.92. The SMILES string of the molecule is CCOC(=O)c1ccc(C(=O)OCC)c(-c2cccc3ccccc23)c1-c1cccc2ccccc12. The minimum atomic E-state index is -0.433. The standard InChI is InChI=1S/C32H26O4/c1-3-35-31(33)27-19-20-28(32(34)36-4-2)30(26-18-10-14-22-12-6-8-16-24(22)26)29(27)25-17-9-13-21-11-5-7-15-23(21)25/h5-20H,3-4H2,1-2H3. The lowest BCUT2D eigenvalue weighted by Gasteiger charge is -2.21. The lowest BCUT2D eigenvalue weighted by molar-refractivity contribution is 0.0513. The summed E-state index contributed by atoms with van der Waals surface area (Å²) in [6, 6.07) is 31.4. The van der Waals surface area contributed by atoms with E-state index in [4.69, 9.17) is 9.47 Å². The highest BCUT2D eigenvalue weighted by molar-refractivity contribution is 6.15. The molecule has 178 valence electrons. The quantitative estimate of drug-likeness (QED) is 0.237. The Morgan fingerprint density at radius 3 is 1.33 bits per heavy atom. The molecule has 0 N–H and O–H groups in total. The Morgan fingerprint density at radius 2 is 0.917 bits per heavy atom. The van der Waals surface area contributed by atoms with E-state index in [0.29, 0.717) is 22.3 Å². The van der Waals surface area contributed by atoms with Crippen molar-refractivity contribution in [3.05, 3.63) is 108 Å². The highest BCUT2D eigenvalue weighted by Crippen LogP contribution is 2.43. The van der Waals surface area contributed by atoms with Crippen LogP contribution in [0.2, 0.25) is 0 Å². The number of rotatable bonds is 6. The largest absolute Gasteiger partial charge is 0.462 e. The minimum Gasteiger partial charge on any atom is -0.462 e. The molecule has 0 heterocycles. The summed E-state index contributed by atoms with van der Waals surface area (Å²) in [4.78, 5) is 26.6. The summed E-state index contributed by atoms with van der Waals surface area (Å²) < 4.78 is 10.9. The number of hydrogen-bond donors (Lipinski definition) is 0. The molecule has 4 nitrogen and oxygen atoms in total. The van der Waals surface area contributed by atoms with Gasteiger partial charge in [-0.15, -0.1) is 0 Å². The number of esters is 2. The van der Waals surface area contributed by atoms with Crippen LogP contribution < -0.4 is 0 Å². The van der Waals surface area contributed by atoms with E-state index in [-0.39, 0.29) is 13.2 Å². The first-order chi connectivity index (χ1) is 17.6. The van der Waals surface area contributed by atoms with Crippen molar-refractivity contribution in [3.63, 3.8) is 0 Å². The van der Waals surface area contributed by atoms with Crippen LogP contribution in [0.5, 0.6) is 0 Å². The zero-order valence-electron chi connectivity index (χ0n) is 20.3. The van der Waals surface area contributed by atoms with Gasteiger partial charge in [-0.05, 0) is 58.7 Å². The summed E-state index contributed by atoms with van der Waals surface area (Å²) in [6.07, 6.45) is 0. The van der Waals surface area contributed by atoms with Crippen LogP contribution in [-0.4, -0.2) is 25.2 Å². The third-order valence-corrected chi connectivity index (χ3v) is 6.31. The van der Waals surface area contributed by atoms with Crippen molar-refractivity contribution in [3.8, 4) is 22.3 Å². The zero-order chi connectivity index (χ0) is 25.1. The minimum absolute atomic E-state index is 0.247. The van der Waals surface area contributed by atoms with Gasteiger partial charge in [0.15, 0.2) is 0 Å². The number of benzene rings is 5. The van der Waals surface area contributed by atoms with E-state index in [2.05, 4.69) is 0 Å². The Labute approximate surface area is 210 Å². The van der Waals surface area contributed by atoms with Crippen molar-refractivity contribution in [2.24, 2.45) is 0 Å². The Hall–Kier alpha value is -4.44. The van der Waals surface area contributed by atoms with E-state index in [1.807, 2.05) is 84.9 Å². The molecule has 0 unspecified atom stereocenters. The van der Waals surface area contributed by atoms with E-state index < -0.39 is 11.9 Å². The van der Waals surface area contributed by atoms with Crippen molar-refractivity contribution in [2.45, 2.75) is 13.8 Å². The predicted molar refractivity (Wildman–Crippen MR) is 144 cm³/mol. The molecule has 0 aliphatic heterocycles. The molecule has 0 saturated heterocycles. The molecule has 5 aromatic rings. The Morgan fingerprint density at radius 1 is 0.528 bits per heavy atom. The maximum Gasteiger partial charge on any atom is 0.338 e. The van der Waals surface area contributed by atoms with E-state index in [9.17, 15) is 9.59 Å². The lowest BCUT2D eigenvalue weighted by Crippen LogP contribution is -2.12. The summed E-state index contributed by atoms with van der Waals surface area (Å²) in [5, 5.41) is 4.03. The maximum atomic E-state index is 13.3. The first kappa shape index (κ1) is 23.3.